The highest BCUT2D eigenvalue weighted by Crippen LogP contribution is 2.25. The molecule has 0 unspecified atom stereocenters. The van der Waals surface area contributed by atoms with Crippen LogP contribution in [0.4, 0.5) is 5.69 Å². The first-order chi connectivity index (χ1) is 15.6. The number of aromatic nitrogens is 3. The summed E-state index contributed by atoms with van der Waals surface area (Å²) in [7, 11) is 0. The number of carbonyl (C=O) groups excluding carboxylic acids is 1. The van der Waals surface area contributed by atoms with E-state index in [-0.39, 0.29) is 11.7 Å². The van der Waals surface area contributed by atoms with E-state index in [0.717, 1.165) is 67.2 Å². The number of nitrogens with one attached hydrogen (secondary N) is 1. The predicted molar refractivity (Wildman–Crippen MR) is 128 cm³/mol. The van der Waals surface area contributed by atoms with Gasteiger partial charge in [0.2, 0.25) is 5.91 Å². The fraction of sp³-hybridized carbons (Fsp3) is 0.348. The molecule has 2 heterocycles. The van der Waals surface area contributed by atoms with Crippen LogP contribution in [0.3, 0.4) is 0 Å². The number of halogens is 1. The maximum absolute atomic E-state index is 12.5. The number of morpholine rings is 1. The lowest BCUT2D eigenvalue weighted by atomic mass is 10.2. The maximum atomic E-state index is 12.5. The van der Waals surface area contributed by atoms with E-state index in [0.29, 0.717) is 5.02 Å². The second kappa shape index (κ2) is 11.0. The Morgan fingerprint density at radius 2 is 1.78 bits per heavy atom. The number of ether oxygens (including phenoxy) is 1. The minimum absolute atomic E-state index is 0.0744. The number of hydrogen-bond acceptors (Lipinski definition) is 6. The van der Waals surface area contributed by atoms with Crippen molar-refractivity contribution in [2.45, 2.75) is 18.6 Å². The zero-order valence-corrected chi connectivity index (χ0v) is 19.5. The van der Waals surface area contributed by atoms with Crippen molar-refractivity contribution in [2.24, 2.45) is 0 Å². The van der Waals surface area contributed by atoms with Gasteiger partial charge in [-0.15, -0.1) is 10.2 Å². The topological polar surface area (TPSA) is 72.3 Å². The largest absolute Gasteiger partial charge is 0.379 e. The number of anilines is 1. The summed E-state index contributed by atoms with van der Waals surface area (Å²) < 4.78 is 7.54. The van der Waals surface area contributed by atoms with Crippen molar-refractivity contribution in [1.29, 1.82) is 0 Å². The van der Waals surface area contributed by atoms with Gasteiger partial charge in [0.05, 0.1) is 19.0 Å². The van der Waals surface area contributed by atoms with Crippen LogP contribution in [-0.2, 0) is 16.1 Å². The molecule has 0 atom stereocenters. The van der Waals surface area contributed by atoms with Gasteiger partial charge in [-0.2, -0.15) is 0 Å². The number of benzene rings is 2. The summed E-state index contributed by atoms with van der Waals surface area (Å²) in [5.41, 5.74) is 2.89. The molecule has 1 fully saturated rings. The van der Waals surface area contributed by atoms with Crippen LogP contribution < -0.4 is 5.32 Å². The predicted octanol–water partition coefficient (Wildman–Crippen LogP) is 3.97. The first kappa shape index (κ1) is 22.8. The van der Waals surface area contributed by atoms with Crippen molar-refractivity contribution in [3.8, 4) is 11.4 Å². The number of hydrogen-bond donors (Lipinski definition) is 1. The van der Waals surface area contributed by atoms with Gasteiger partial charge in [-0.1, -0.05) is 41.1 Å². The van der Waals surface area contributed by atoms with E-state index in [1.165, 1.54) is 11.8 Å². The average molecular weight is 472 g/mol. The second-order valence-corrected chi connectivity index (χ2v) is 9.00. The normalized spacial score (nSPS) is 14.4. The Hall–Kier alpha value is -2.39. The summed E-state index contributed by atoms with van der Waals surface area (Å²) in [5, 5.41) is 13.1. The molecule has 0 spiro atoms. The molecule has 3 aromatic rings. The lowest BCUT2D eigenvalue weighted by Gasteiger charge is -2.27. The van der Waals surface area contributed by atoms with Gasteiger partial charge < -0.3 is 14.6 Å². The SMILES string of the molecule is Cc1ccc(NC(=O)CSc2nnc(-c3ccc(Cl)cc3)n2CCN2CCOCC2)cc1. The fourth-order valence-corrected chi connectivity index (χ4v) is 4.33. The number of aryl methyl sites for hydroxylation is 1. The van der Waals surface area contributed by atoms with Crippen molar-refractivity contribution in [2.75, 3.05) is 43.9 Å². The van der Waals surface area contributed by atoms with Crippen molar-refractivity contribution in [3.63, 3.8) is 0 Å². The zero-order chi connectivity index (χ0) is 22.3. The Morgan fingerprint density at radius 3 is 2.50 bits per heavy atom. The van der Waals surface area contributed by atoms with Crippen molar-refractivity contribution < 1.29 is 9.53 Å². The Balaban J connectivity index is 1.46. The second-order valence-electron chi connectivity index (χ2n) is 7.62. The molecule has 168 valence electrons. The van der Waals surface area contributed by atoms with Gasteiger partial charge >= 0.3 is 0 Å². The van der Waals surface area contributed by atoms with Crippen molar-refractivity contribution >= 4 is 35.0 Å². The van der Waals surface area contributed by atoms with Crippen LogP contribution in [0.1, 0.15) is 5.56 Å². The number of thioether (sulfide) groups is 1. The van der Waals surface area contributed by atoms with Gasteiger partial charge in [-0.3, -0.25) is 9.69 Å². The Labute approximate surface area is 197 Å². The van der Waals surface area contributed by atoms with Crippen LogP contribution >= 0.6 is 23.4 Å². The van der Waals surface area contributed by atoms with Crippen LogP contribution in [0, 0.1) is 6.92 Å². The molecular weight excluding hydrogens is 446 g/mol. The highest BCUT2D eigenvalue weighted by molar-refractivity contribution is 7.99. The van der Waals surface area contributed by atoms with Gasteiger partial charge in [0, 0.05) is 42.5 Å². The fourth-order valence-electron chi connectivity index (χ4n) is 3.44. The van der Waals surface area contributed by atoms with Gasteiger partial charge in [-0.05, 0) is 43.3 Å². The highest BCUT2D eigenvalue weighted by atomic mass is 35.5. The molecular formula is C23H26ClN5O2S. The molecule has 1 amide bonds. The zero-order valence-electron chi connectivity index (χ0n) is 18.0. The molecule has 1 aliphatic heterocycles. The third kappa shape index (κ3) is 6.10. The molecule has 7 nitrogen and oxygen atoms in total. The van der Waals surface area contributed by atoms with E-state index in [9.17, 15) is 4.79 Å². The van der Waals surface area contributed by atoms with Crippen molar-refractivity contribution in [3.05, 3.63) is 59.1 Å². The minimum Gasteiger partial charge on any atom is -0.379 e. The first-order valence-electron chi connectivity index (χ1n) is 10.6. The summed E-state index contributed by atoms with van der Waals surface area (Å²) >= 11 is 7.45. The van der Waals surface area contributed by atoms with Crippen LogP contribution in [0.25, 0.3) is 11.4 Å². The van der Waals surface area contributed by atoms with E-state index in [4.69, 9.17) is 16.3 Å². The number of amides is 1. The molecule has 1 N–H and O–H groups in total. The summed E-state index contributed by atoms with van der Waals surface area (Å²) in [6.07, 6.45) is 0. The van der Waals surface area contributed by atoms with Crippen LogP contribution in [0.15, 0.2) is 53.7 Å². The molecule has 4 rings (SSSR count). The quantitative estimate of drug-likeness (QED) is 0.501. The van der Waals surface area contributed by atoms with Crippen LogP contribution in [0.5, 0.6) is 0 Å². The van der Waals surface area contributed by atoms with Crippen molar-refractivity contribution in [1.82, 2.24) is 19.7 Å². The monoisotopic (exact) mass is 471 g/mol. The number of carbonyl (C=O) groups is 1. The number of rotatable bonds is 8. The average Bonchev–Trinajstić information content (AvgIpc) is 3.22. The van der Waals surface area contributed by atoms with Gasteiger partial charge in [0.25, 0.3) is 0 Å². The smallest absolute Gasteiger partial charge is 0.234 e. The van der Waals surface area contributed by atoms with Gasteiger partial charge in [0.15, 0.2) is 11.0 Å². The Morgan fingerprint density at radius 1 is 1.06 bits per heavy atom. The Kier molecular flexibility index (Phi) is 7.81. The Bertz CT molecular complexity index is 1030. The summed E-state index contributed by atoms with van der Waals surface area (Å²) in [5.74, 6) is 0.954. The van der Waals surface area contributed by atoms with Crippen LogP contribution in [-0.4, -0.2) is 64.2 Å². The van der Waals surface area contributed by atoms with E-state index < -0.39 is 0 Å². The first-order valence-corrected chi connectivity index (χ1v) is 11.9. The lowest BCUT2D eigenvalue weighted by molar-refractivity contribution is -0.113. The molecule has 0 saturated carbocycles. The van der Waals surface area contributed by atoms with E-state index in [1.807, 2.05) is 55.5 Å². The van der Waals surface area contributed by atoms with E-state index in [1.54, 1.807) is 0 Å². The molecule has 0 radical (unpaired) electrons. The molecule has 32 heavy (non-hydrogen) atoms. The van der Waals surface area contributed by atoms with Crippen LogP contribution in [0.2, 0.25) is 5.02 Å². The van der Waals surface area contributed by atoms with E-state index >= 15 is 0 Å². The summed E-state index contributed by atoms with van der Waals surface area (Å²) in [4.78, 5) is 14.8. The van der Waals surface area contributed by atoms with Gasteiger partial charge in [-0.25, -0.2) is 0 Å². The molecule has 1 aliphatic rings. The van der Waals surface area contributed by atoms with E-state index in [2.05, 4.69) is 25.0 Å². The molecule has 2 aromatic carbocycles. The highest BCUT2D eigenvalue weighted by Gasteiger charge is 2.18. The third-order valence-electron chi connectivity index (χ3n) is 5.23. The lowest BCUT2D eigenvalue weighted by Crippen LogP contribution is -2.38. The molecule has 1 aromatic heterocycles. The van der Waals surface area contributed by atoms with Gasteiger partial charge in [0.1, 0.15) is 0 Å². The molecule has 1 saturated heterocycles. The summed E-state index contributed by atoms with van der Waals surface area (Å²) in [6, 6.07) is 15.3. The third-order valence-corrected chi connectivity index (χ3v) is 6.45. The summed E-state index contributed by atoms with van der Waals surface area (Å²) in [6.45, 7) is 6.96. The number of nitrogens with zero attached hydrogens (tertiary/aromatic N) is 4. The minimum atomic E-state index is -0.0744. The maximum Gasteiger partial charge on any atom is 0.234 e. The molecule has 9 heteroatoms. The molecule has 0 aliphatic carbocycles. The molecule has 0 bridgehead atoms. The standard InChI is InChI=1S/C23H26ClN5O2S/c1-17-2-8-20(9-3-17)25-21(30)16-32-23-27-26-22(18-4-6-19(24)7-5-18)29(23)11-10-28-12-14-31-15-13-28/h2-9H,10-16H2,1H3,(H,25,30).